The first kappa shape index (κ1) is 14.8. The van der Waals surface area contributed by atoms with Gasteiger partial charge in [-0.2, -0.15) is 0 Å². The molecule has 0 atom stereocenters. The number of hydrogen-bond donors (Lipinski definition) is 2. The third kappa shape index (κ3) is 3.69. The first-order valence-electron chi connectivity index (χ1n) is 7.71. The summed E-state index contributed by atoms with van der Waals surface area (Å²) in [5.41, 5.74) is 5.06. The molecule has 4 heteroatoms. The van der Waals surface area contributed by atoms with Gasteiger partial charge in [-0.3, -0.25) is 4.79 Å². The number of carbonyl (C=O) groups is 1. The molecular formula is C15H28N2O2. The molecule has 2 saturated carbocycles. The lowest BCUT2D eigenvalue weighted by molar-refractivity contribution is -0.138. The van der Waals surface area contributed by atoms with E-state index in [9.17, 15) is 9.90 Å². The monoisotopic (exact) mass is 268 g/mol. The lowest BCUT2D eigenvalue weighted by atomic mass is 9.81. The van der Waals surface area contributed by atoms with E-state index in [1.807, 2.05) is 7.05 Å². The summed E-state index contributed by atoms with van der Waals surface area (Å²) in [6, 6.07) is 0. The van der Waals surface area contributed by atoms with Gasteiger partial charge in [0.2, 0.25) is 5.91 Å². The number of nitrogens with zero attached hydrogens (tertiary/aromatic N) is 1. The molecule has 0 aromatic heterocycles. The fraction of sp³-hybridized carbons (Fsp3) is 0.933. The highest BCUT2D eigenvalue weighted by molar-refractivity contribution is 5.78. The smallest absolute Gasteiger partial charge is 0.225 e. The maximum atomic E-state index is 12.4. The van der Waals surface area contributed by atoms with E-state index in [0.29, 0.717) is 12.5 Å². The number of rotatable bonds is 4. The van der Waals surface area contributed by atoms with Gasteiger partial charge in [0, 0.05) is 19.5 Å². The normalized spacial score (nSPS) is 30.3. The summed E-state index contributed by atoms with van der Waals surface area (Å²) >= 11 is 0. The van der Waals surface area contributed by atoms with Gasteiger partial charge in [0.1, 0.15) is 0 Å². The minimum atomic E-state index is -0.626. The molecule has 0 radical (unpaired) electrons. The zero-order valence-corrected chi connectivity index (χ0v) is 12.1. The van der Waals surface area contributed by atoms with Crippen LogP contribution in [0.3, 0.4) is 0 Å². The van der Waals surface area contributed by atoms with E-state index < -0.39 is 5.60 Å². The first-order chi connectivity index (χ1) is 9.04. The predicted octanol–water partition coefficient (Wildman–Crippen LogP) is 1.51. The summed E-state index contributed by atoms with van der Waals surface area (Å²) in [5.74, 6) is 0.974. The molecule has 2 rings (SSSR count). The summed E-state index contributed by atoms with van der Waals surface area (Å²) in [4.78, 5) is 14.2. The maximum absolute atomic E-state index is 12.4. The van der Waals surface area contributed by atoms with Crippen molar-refractivity contribution in [2.75, 3.05) is 20.1 Å². The quantitative estimate of drug-likeness (QED) is 0.812. The van der Waals surface area contributed by atoms with Gasteiger partial charge in [-0.05, 0) is 51.0 Å². The van der Waals surface area contributed by atoms with Crippen LogP contribution in [0.25, 0.3) is 0 Å². The molecule has 0 aromatic rings. The van der Waals surface area contributed by atoms with Gasteiger partial charge in [0.25, 0.3) is 0 Å². The van der Waals surface area contributed by atoms with Crippen molar-refractivity contribution in [1.82, 2.24) is 4.90 Å². The Kier molecular flexibility index (Phi) is 4.85. The van der Waals surface area contributed by atoms with Crippen LogP contribution < -0.4 is 5.73 Å². The van der Waals surface area contributed by atoms with E-state index in [4.69, 9.17) is 5.73 Å². The average Bonchev–Trinajstić information content (AvgIpc) is 2.84. The SMILES string of the molecule is CN(CC1(O)CCCC1)C(=O)C1CCC(CN)CC1. The molecule has 0 aromatic carbocycles. The third-order valence-corrected chi connectivity index (χ3v) is 4.97. The van der Waals surface area contributed by atoms with Crippen LogP contribution in [0, 0.1) is 11.8 Å². The van der Waals surface area contributed by atoms with E-state index >= 15 is 0 Å². The molecule has 1 amide bonds. The van der Waals surface area contributed by atoms with Crippen molar-refractivity contribution in [2.45, 2.75) is 57.0 Å². The average molecular weight is 268 g/mol. The predicted molar refractivity (Wildman–Crippen MR) is 75.6 cm³/mol. The highest BCUT2D eigenvalue weighted by Gasteiger charge is 2.35. The lowest BCUT2D eigenvalue weighted by Gasteiger charge is -2.33. The molecular weight excluding hydrogens is 240 g/mol. The van der Waals surface area contributed by atoms with Crippen LogP contribution in [0.5, 0.6) is 0 Å². The molecule has 2 fully saturated rings. The van der Waals surface area contributed by atoms with Gasteiger partial charge < -0.3 is 15.7 Å². The number of aliphatic hydroxyl groups is 1. The maximum Gasteiger partial charge on any atom is 0.225 e. The van der Waals surface area contributed by atoms with Crippen LogP contribution in [0.4, 0.5) is 0 Å². The molecule has 2 aliphatic rings. The van der Waals surface area contributed by atoms with Crippen molar-refractivity contribution >= 4 is 5.91 Å². The Morgan fingerprint density at radius 3 is 2.37 bits per heavy atom. The molecule has 3 N–H and O–H groups in total. The molecule has 0 heterocycles. The number of hydrogen-bond acceptors (Lipinski definition) is 3. The Morgan fingerprint density at radius 1 is 1.26 bits per heavy atom. The van der Waals surface area contributed by atoms with Crippen molar-refractivity contribution in [3.8, 4) is 0 Å². The van der Waals surface area contributed by atoms with Crippen LogP contribution in [-0.2, 0) is 4.79 Å². The molecule has 110 valence electrons. The Balaban J connectivity index is 1.82. The van der Waals surface area contributed by atoms with E-state index in [1.165, 1.54) is 0 Å². The zero-order chi connectivity index (χ0) is 13.9. The molecule has 4 nitrogen and oxygen atoms in total. The minimum absolute atomic E-state index is 0.151. The van der Waals surface area contributed by atoms with Crippen LogP contribution in [0.2, 0.25) is 0 Å². The highest BCUT2D eigenvalue weighted by Crippen LogP contribution is 2.32. The Bertz CT molecular complexity index is 305. The largest absolute Gasteiger partial charge is 0.388 e. The summed E-state index contributed by atoms with van der Waals surface area (Å²) in [7, 11) is 1.84. The summed E-state index contributed by atoms with van der Waals surface area (Å²) in [6.45, 7) is 1.25. The van der Waals surface area contributed by atoms with Gasteiger partial charge >= 0.3 is 0 Å². The van der Waals surface area contributed by atoms with Crippen molar-refractivity contribution in [1.29, 1.82) is 0 Å². The Labute approximate surface area is 116 Å². The van der Waals surface area contributed by atoms with Gasteiger partial charge in [-0.15, -0.1) is 0 Å². The Hall–Kier alpha value is -0.610. The van der Waals surface area contributed by atoms with Crippen molar-refractivity contribution in [2.24, 2.45) is 17.6 Å². The minimum Gasteiger partial charge on any atom is -0.388 e. The van der Waals surface area contributed by atoms with Gasteiger partial charge in [-0.25, -0.2) is 0 Å². The number of nitrogens with two attached hydrogens (primary N) is 1. The molecule has 0 spiro atoms. The number of amides is 1. The molecule has 19 heavy (non-hydrogen) atoms. The van der Waals surface area contributed by atoms with E-state index in [2.05, 4.69) is 0 Å². The third-order valence-electron chi connectivity index (χ3n) is 4.97. The van der Waals surface area contributed by atoms with E-state index in [-0.39, 0.29) is 11.8 Å². The molecule has 0 saturated heterocycles. The van der Waals surface area contributed by atoms with Crippen molar-refractivity contribution in [3.05, 3.63) is 0 Å². The second-order valence-corrected chi connectivity index (χ2v) is 6.58. The topological polar surface area (TPSA) is 66.6 Å². The lowest BCUT2D eigenvalue weighted by Crippen LogP contribution is -2.44. The van der Waals surface area contributed by atoms with Crippen LogP contribution in [0.15, 0.2) is 0 Å². The second kappa shape index (κ2) is 6.23. The zero-order valence-electron chi connectivity index (χ0n) is 12.1. The van der Waals surface area contributed by atoms with Crippen molar-refractivity contribution in [3.63, 3.8) is 0 Å². The number of carbonyl (C=O) groups excluding carboxylic acids is 1. The standard InChI is InChI=1S/C15H28N2O2/c1-17(11-15(19)8-2-3-9-15)14(18)13-6-4-12(10-16)5-7-13/h12-13,19H,2-11,16H2,1H3. The summed E-state index contributed by atoms with van der Waals surface area (Å²) in [6.07, 6.45) is 7.91. The summed E-state index contributed by atoms with van der Waals surface area (Å²) < 4.78 is 0. The van der Waals surface area contributed by atoms with Gasteiger partial charge in [0.05, 0.1) is 5.60 Å². The molecule has 2 aliphatic carbocycles. The van der Waals surface area contributed by atoms with Crippen LogP contribution >= 0.6 is 0 Å². The Morgan fingerprint density at radius 2 is 1.84 bits per heavy atom. The summed E-state index contributed by atoms with van der Waals surface area (Å²) in [5, 5.41) is 10.4. The fourth-order valence-electron chi connectivity index (χ4n) is 3.67. The molecule has 0 aliphatic heterocycles. The first-order valence-corrected chi connectivity index (χ1v) is 7.71. The van der Waals surface area contributed by atoms with Gasteiger partial charge in [0.15, 0.2) is 0 Å². The molecule has 0 unspecified atom stereocenters. The fourth-order valence-corrected chi connectivity index (χ4v) is 3.67. The highest BCUT2D eigenvalue weighted by atomic mass is 16.3. The van der Waals surface area contributed by atoms with Crippen LogP contribution in [0.1, 0.15) is 51.4 Å². The van der Waals surface area contributed by atoms with Crippen LogP contribution in [-0.4, -0.2) is 41.7 Å². The second-order valence-electron chi connectivity index (χ2n) is 6.58. The molecule has 0 bridgehead atoms. The van der Waals surface area contributed by atoms with Gasteiger partial charge in [-0.1, -0.05) is 12.8 Å². The van der Waals surface area contributed by atoms with E-state index in [0.717, 1.165) is 57.9 Å². The number of likely N-dealkylation sites (N-methyl/N-ethyl adjacent to an activating group) is 1. The van der Waals surface area contributed by atoms with E-state index in [1.54, 1.807) is 4.90 Å². The van der Waals surface area contributed by atoms with Crippen molar-refractivity contribution < 1.29 is 9.90 Å².